The van der Waals surface area contributed by atoms with Gasteiger partial charge in [0.2, 0.25) is 0 Å². The Morgan fingerprint density at radius 3 is 2.57 bits per heavy atom. The molecule has 0 radical (unpaired) electrons. The molecule has 0 spiro atoms. The van der Waals surface area contributed by atoms with E-state index in [1.807, 2.05) is 31.2 Å². The second kappa shape index (κ2) is 11.1. The number of non-ortho nitro benzene ring substituents is 1. The van der Waals surface area contributed by atoms with Gasteiger partial charge in [-0.25, -0.2) is 9.69 Å². The van der Waals surface area contributed by atoms with Gasteiger partial charge in [-0.2, -0.15) is 0 Å². The van der Waals surface area contributed by atoms with Crippen molar-refractivity contribution in [3.05, 3.63) is 102 Å². The standard InChI is InChI=1S/C26H19ClIN3O6/c1-2-37-23-12-15(11-22(28)19(23)13-16-6-3-4-9-21(16)27)10-20-24(32)29-26(34)30(25(20)33)17-7-5-8-18(14-17)31(35)36/h3-12,14H,2,13H2,1H3,(H,29,32,34)/b20-10+. The van der Waals surface area contributed by atoms with Crippen LogP contribution >= 0.6 is 34.2 Å². The molecule has 3 aromatic carbocycles. The maximum Gasteiger partial charge on any atom is 0.335 e. The molecule has 0 atom stereocenters. The third kappa shape index (κ3) is 5.65. The van der Waals surface area contributed by atoms with Crippen molar-refractivity contribution < 1.29 is 24.0 Å². The number of nitrogens with zero attached hydrogens (tertiary/aromatic N) is 2. The van der Waals surface area contributed by atoms with Crippen LogP contribution in [0.1, 0.15) is 23.6 Å². The second-order valence-corrected chi connectivity index (χ2v) is 9.48. The van der Waals surface area contributed by atoms with Gasteiger partial charge in [0, 0.05) is 32.7 Å². The molecule has 9 nitrogen and oxygen atoms in total. The maximum atomic E-state index is 13.2. The molecule has 11 heteroatoms. The van der Waals surface area contributed by atoms with E-state index in [-0.39, 0.29) is 16.9 Å². The number of imide groups is 2. The summed E-state index contributed by atoms with van der Waals surface area (Å²) in [5.41, 5.74) is 1.68. The topological polar surface area (TPSA) is 119 Å². The molecule has 1 N–H and O–H groups in total. The third-order valence-corrected chi connectivity index (χ3v) is 6.84. The fraction of sp³-hybridized carbons (Fsp3) is 0.115. The van der Waals surface area contributed by atoms with Crippen LogP contribution in [0.5, 0.6) is 5.75 Å². The number of nitrogens with one attached hydrogen (secondary N) is 1. The van der Waals surface area contributed by atoms with E-state index in [0.717, 1.165) is 20.8 Å². The van der Waals surface area contributed by atoms with E-state index in [4.69, 9.17) is 16.3 Å². The normalized spacial score (nSPS) is 14.6. The second-order valence-electron chi connectivity index (χ2n) is 7.92. The Morgan fingerprint density at radius 1 is 1.11 bits per heavy atom. The molecule has 0 unspecified atom stereocenters. The van der Waals surface area contributed by atoms with Crippen LogP contribution in [0, 0.1) is 13.7 Å². The van der Waals surface area contributed by atoms with Gasteiger partial charge in [0.1, 0.15) is 11.3 Å². The third-order valence-electron chi connectivity index (χ3n) is 5.51. The zero-order valence-corrected chi connectivity index (χ0v) is 22.3. The van der Waals surface area contributed by atoms with Crippen molar-refractivity contribution in [1.82, 2.24) is 5.32 Å². The lowest BCUT2D eigenvalue weighted by Crippen LogP contribution is -2.54. The average Bonchev–Trinajstić information content (AvgIpc) is 2.85. The summed E-state index contributed by atoms with van der Waals surface area (Å²) < 4.78 is 6.69. The maximum absolute atomic E-state index is 13.2. The van der Waals surface area contributed by atoms with Crippen LogP contribution in [0.15, 0.2) is 66.2 Å². The van der Waals surface area contributed by atoms with Crippen LogP contribution in [0.4, 0.5) is 16.2 Å². The number of amides is 4. The highest BCUT2D eigenvalue weighted by atomic mass is 127. The van der Waals surface area contributed by atoms with Crippen molar-refractivity contribution in [2.45, 2.75) is 13.3 Å². The first-order chi connectivity index (χ1) is 17.7. The molecular weight excluding hydrogens is 613 g/mol. The van der Waals surface area contributed by atoms with Crippen molar-refractivity contribution in [3.8, 4) is 5.75 Å². The molecule has 0 aliphatic carbocycles. The minimum Gasteiger partial charge on any atom is -0.494 e. The van der Waals surface area contributed by atoms with Crippen LogP contribution in [0.2, 0.25) is 5.02 Å². The van der Waals surface area contributed by atoms with Gasteiger partial charge in [-0.05, 0) is 71.0 Å². The number of halogens is 2. The zero-order valence-electron chi connectivity index (χ0n) is 19.4. The molecule has 3 aromatic rings. The van der Waals surface area contributed by atoms with Crippen LogP contribution in [0.3, 0.4) is 0 Å². The van der Waals surface area contributed by atoms with Crippen LogP contribution < -0.4 is 15.0 Å². The van der Waals surface area contributed by atoms with Crippen molar-refractivity contribution in [2.24, 2.45) is 0 Å². The molecule has 37 heavy (non-hydrogen) atoms. The molecule has 1 fully saturated rings. The highest BCUT2D eigenvalue weighted by Crippen LogP contribution is 2.32. The molecule has 0 aromatic heterocycles. The number of barbiturate groups is 1. The molecule has 1 saturated heterocycles. The Bertz CT molecular complexity index is 1470. The number of urea groups is 1. The summed E-state index contributed by atoms with van der Waals surface area (Å²) in [6, 6.07) is 15.0. The number of carbonyl (C=O) groups is 3. The number of rotatable bonds is 7. The predicted molar refractivity (Wildman–Crippen MR) is 147 cm³/mol. The first-order valence-corrected chi connectivity index (χ1v) is 12.5. The molecule has 0 bridgehead atoms. The summed E-state index contributed by atoms with van der Waals surface area (Å²) in [5, 5.41) is 13.9. The number of nitro groups is 1. The number of hydrogen-bond acceptors (Lipinski definition) is 6. The number of ether oxygens (including phenoxy) is 1. The fourth-order valence-electron chi connectivity index (χ4n) is 3.81. The summed E-state index contributed by atoms with van der Waals surface area (Å²) in [5.74, 6) is -1.20. The zero-order chi connectivity index (χ0) is 26.7. The van der Waals surface area contributed by atoms with Crippen LogP contribution in [-0.2, 0) is 16.0 Å². The molecule has 4 amide bonds. The van der Waals surface area contributed by atoms with Gasteiger partial charge in [-0.3, -0.25) is 25.0 Å². The summed E-state index contributed by atoms with van der Waals surface area (Å²) >= 11 is 8.50. The number of benzene rings is 3. The summed E-state index contributed by atoms with van der Waals surface area (Å²) in [6.07, 6.45) is 1.87. The first-order valence-electron chi connectivity index (χ1n) is 11.0. The molecular formula is C26H19ClIN3O6. The predicted octanol–water partition coefficient (Wildman–Crippen LogP) is 5.51. The Balaban J connectivity index is 1.73. The van der Waals surface area contributed by atoms with Crippen molar-refractivity contribution in [2.75, 3.05) is 11.5 Å². The molecule has 0 saturated carbocycles. The summed E-state index contributed by atoms with van der Waals surface area (Å²) in [4.78, 5) is 49.5. The first kappa shape index (κ1) is 26.3. The fourth-order valence-corrected chi connectivity index (χ4v) is 4.83. The van der Waals surface area contributed by atoms with Crippen molar-refractivity contribution >= 4 is 69.5 Å². The van der Waals surface area contributed by atoms with Gasteiger partial charge in [0.25, 0.3) is 17.5 Å². The minimum atomic E-state index is -0.993. The van der Waals surface area contributed by atoms with Gasteiger partial charge < -0.3 is 4.74 Å². The Hall–Kier alpha value is -3.77. The molecule has 4 rings (SSSR count). The van der Waals surface area contributed by atoms with E-state index in [9.17, 15) is 24.5 Å². The smallest absolute Gasteiger partial charge is 0.335 e. The molecule has 1 aliphatic heterocycles. The van der Waals surface area contributed by atoms with E-state index in [0.29, 0.717) is 34.3 Å². The molecule has 1 aliphatic rings. The van der Waals surface area contributed by atoms with E-state index in [1.54, 1.807) is 12.1 Å². The lowest BCUT2D eigenvalue weighted by Gasteiger charge is -2.26. The van der Waals surface area contributed by atoms with Gasteiger partial charge in [-0.1, -0.05) is 35.9 Å². The summed E-state index contributed by atoms with van der Waals surface area (Å²) in [7, 11) is 0. The van der Waals surface area contributed by atoms with Crippen molar-refractivity contribution in [1.29, 1.82) is 0 Å². The largest absolute Gasteiger partial charge is 0.494 e. The Labute approximate surface area is 230 Å². The Morgan fingerprint density at radius 2 is 1.86 bits per heavy atom. The molecule has 1 heterocycles. The van der Waals surface area contributed by atoms with Gasteiger partial charge >= 0.3 is 6.03 Å². The minimum absolute atomic E-state index is 0.0326. The van der Waals surface area contributed by atoms with Gasteiger partial charge in [-0.15, -0.1) is 0 Å². The van der Waals surface area contributed by atoms with Crippen LogP contribution in [-0.4, -0.2) is 29.4 Å². The number of anilines is 1. The lowest BCUT2D eigenvalue weighted by atomic mass is 10.0. The lowest BCUT2D eigenvalue weighted by molar-refractivity contribution is -0.384. The Kier molecular flexibility index (Phi) is 7.89. The van der Waals surface area contributed by atoms with Crippen molar-refractivity contribution in [3.63, 3.8) is 0 Å². The molecule has 188 valence electrons. The highest BCUT2D eigenvalue weighted by molar-refractivity contribution is 14.1. The number of nitro benzene ring substituents is 1. The van der Waals surface area contributed by atoms with E-state index in [2.05, 4.69) is 27.9 Å². The quantitative estimate of drug-likeness (QED) is 0.121. The highest BCUT2D eigenvalue weighted by Gasteiger charge is 2.37. The number of hydrogen-bond donors (Lipinski definition) is 1. The summed E-state index contributed by atoms with van der Waals surface area (Å²) in [6.45, 7) is 2.23. The average molecular weight is 632 g/mol. The van der Waals surface area contributed by atoms with Gasteiger partial charge in [0.15, 0.2) is 0 Å². The van der Waals surface area contributed by atoms with E-state index in [1.165, 1.54) is 24.3 Å². The van der Waals surface area contributed by atoms with E-state index >= 15 is 0 Å². The van der Waals surface area contributed by atoms with Crippen LogP contribution in [0.25, 0.3) is 6.08 Å². The monoisotopic (exact) mass is 631 g/mol. The SMILES string of the molecule is CCOc1cc(/C=C2\C(=O)NC(=O)N(c3cccc([N+](=O)[O-])c3)C2=O)cc(I)c1Cc1ccccc1Cl. The number of carbonyl (C=O) groups excluding carboxylic acids is 3. The van der Waals surface area contributed by atoms with E-state index < -0.39 is 22.8 Å². The van der Waals surface area contributed by atoms with Gasteiger partial charge in [0.05, 0.1) is 17.2 Å².